The van der Waals surface area contributed by atoms with Crippen LogP contribution in [0.15, 0.2) is 33.7 Å². The first-order chi connectivity index (χ1) is 7.00. The smallest absolute Gasteiger partial charge is 0.335 e. The Hall–Kier alpha value is -0.810. The molecule has 1 aromatic carbocycles. The second-order valence-electron chi connectivity index (χ2n) is 2.76. The molecule has 1 aromatic rings. The predicted octanol–water partition coefficient (Wildman–Crippen LogP) is 3.43. The van der Waals surface area contributed by atoms with Gasteiger partial charge < -0.3 is 9.84 Å². The summed E-state index contributed by atoms with van der Waals surface area (Å²) in [5.74, 6) is -0.500. The zero-order valence-electron chi connectivity index (χ0n) is 7.67. The first-order valence-corrected chi connectivity index (χ1v) is 5.58. The fourth-order valence-corrected chi connectivity index (χ4v) is 1.38. The maximum atomic E-state index is 10.7. The van der Waals surface area contributed by atoms with E-state index in [2.05, 4.69) is 38.4 Å². The average Bonchev–Trinajstić information content (AvgIpc) is 2.16. The second-order valence-corrected chi connectivity index (χ2v) is 4.73. The number of hydrogen-bond donors (Lipinski definition) is 1. The van der Waals surface area contributed by atoms with Crippen LogP contribution in [0.3, 0.4) is 0 Å². The molecular formula is C10H8Br2O3. The SMILES string of the molecule is C=C(Br)COc1cc(C(=O)O)ccc1Br. The summed E-state index contributed by atoms with van der Waals surface area (Å²) in [5, 5.41) is 8.78. The summed E-state index contributed by atoms with van der Waals surface area (Å²) in [7, 11) is 0. The van der Waals surface area contributed by atoms with E-state index in [1.807, 2.05) is 0 Å². The highest BCUT2D eigenvalue weighted by atomic mass is 79.9. The van der Waals surface area contributed by atoms with E-state index in [4.69, 9.17) is 9.84 Å². The first-order valence-electron chi connectivity index (χ1n) is 3.99. The van der Waals surface area contributed by atoms with Gasteiger partial charge in [-0.25, -0.2) is 4.79 Å². The third kappa shape index (κ3) is 3.68. The third-order valence-corrected chi connectivity index (χ3v) is 2.45. The van der Waals surface area contributed by atoms with Crippen LogP contribution >= 0.6 is 31.9 Å². The quantitative estimate of drug-likeness (QED) is 0.916. The molecule has 0 atom stereocenters. The van der Waals surface area contributed by atoms with Crippen LogP contribution in [0.5, 0.6) is 5.75 Å². The van der Waals surface area contributed by atoms with Gasteiger partial charge in [0, 0.05) is 4.48 Å². The van der Waals surface area contributed by atoms with Gasteiger partial charge in [0.1, 0.15) is 12.4 Å². The second kappa shape index (κ2) is 5.32. The normalized spacial score (nSPS) is 9.73. The van der Waals surface area contributed by atoms with Gasteiger partial charge in [-0.2, -0.15) is 0 Å². The van der Waals surface area contributed by atoms with Gasteiger partial charge >= 0.3 is 5.97 Å². The first kappa shape index (κ1) is 12.3. The number of ether oxygens (including phenoxy) is 1. The minimum Gasteiger partial charge on any atom is -0.487 e. The summed E-state index contributed by atoms with van der Waals surface area (Å²) in [4.78, 5) is 10.7. The molecule has 5 heteroatoms. The monoisotopic (exact) mass is 334 g/mol. The van der Waals surface area contributed by atoms with Crippen LogP contribution in [-0.2, 0) is 0 Å². The zero-order chi connectivity index (χ0) is 11.4. The molecule has 0 amide bonds. The molecule has 0 saturated heterocycles. The van der Waals surface area contributed by atoms with Gasteiger partial charge in [-0.05, 0) is 34.1 Å². The molecule has 0 aliphatic heterocycles. The topological polar surface area (TPSA) is 46.5 Å². The molecule has 0 unspecified atom stereocenters. The lowest BCUT2D eigenvalue weighted by Crippen LogP contribution is -2.00. The highest BCUT2D eigenvalue weighted by molar-refractivity contribution is 9.11. The van der Waals surface area contributed by atoms with Crippen LogP contribution in [0, 0.1) is 0 Å². The molecule has 15 heavy (non-hydrogen) atoms. The van der Waals surface area contributed by atoms with E-state index >= 15 is 0 Å². The number of aromatic carboxylic acids is 1. The minimum absolute atomic E-state index is 0.188. The van der Waals surface area contributed by atoms with E-state index in [9.17, 15) is 4.79 Å². The Morgan fingerprint density at radius 3 is 2.73 bits per heavy atom. The van der Waals surface area contributed by atoms with Gasteiger partial charge in [0.2, 0.25) is 0 Å². The molecule has 0 radical (unpaired) electrons. The van der Waals surface area contributed by atoms with Gasteiger partial charge in [0.05, 0.1) is 10.0 Å². The molecule has 80 valence electrons. The van der Waals surface area contributed by atoms with Crippen molar-refractivity contribution in [1.82, 2.24) is 0 Å². The van der Waals surface area contributed by atoms with Crippen molar-refractivity contribution in [2.45, 2.75) is 0 Å². The van der Waals surface area contributed by atoms with Crippen LogP contribution in [0.1, 0.15) is 10.4 Å². The predicted molar refractivity (Wildman–Crippen MR) is 64.7 cm³/mol. The maximum Gasteiger partial charge on any atom is 0.335 e. The Bertz CT molecular complexity index is 402. The molecule has 1 rings (SSSR count). The number of rotatable bonds is 4. The lowest BCUT2D eigenvalue weighted by Gasteiger charge is -2.07. The van der Waals surface area contributed by atoms with Gasteiger partial charge in [-0.15, -0.1) is 0 Å². The van der Waals surface area contributed by atoms with Crippen molar-refractivity contribution in [2.24, 2.45) is 0 Å². The maximum absolute atomic E-state index is 10.7. The van der Waals surface area contributed by atoms with Gasteiger partial charge in [-0.1, -0.05) is 22.5 Å². The molecule has 0 fully saturated rings. The molecule has 0 aliphatic carbocycles. The van der Waals surface area contributed by atoms with Crippen molar-refractivity contribution in [1.29, 1.82) is 0 Å². The summed E-state index contributed by atoms with van der Waals surface area (Å²) in [6.07, 6.45) is 0. The molecule has 0 heterocycles. The van der Waals surface area contributed by atoms with Gasteiger partial charge in [-0.3, -0.25) is 0 Å². The van der Waals surface area contributed by atoms with E-state index in [1.165, 1.54) is 12.1 Å². The number of hydrogen-bond acceptors (Lipinski definition) is 2. The van der Waals surface area contributed by atoms with Crippen LogP contribution in [0.2, 0.25) is 0 Å². The van der Waals surface area contributed by atoms with Crippen LogP contribution in [0.4, 0.5) is 0 Å². The minimum atomic E-state index is -0.981. The van der Waals surface area contributed by atoms with Crippen LogP contribution < -0.4 is 4.74 Å². The number of carboxylic acids is 1. The van der Waals surface area contributed by atoms with Crippen LogP contribution in [0.25, 0.3) is 0 Å². The lowest BCUT2D eigenvalue weighted by atomic mass is 10.2. The number of benzene rings is 1. The highest BCUT2D eigenvalue weighted by Crippen LogP contribution is 2.26. The zero-order valence-corrected chi connectivity index (χ0v) is 10.8. The molecule has 0 aromatic heterocycles. The van der Waals surface area contributed by atoms with E-state index in [-0.39, 0.29) is 5.56 Å². The summed E-state index contributed by atoms with van der Waals surface area (Å²) < 4.78 is 6.73. The van der Waals surface area contributed by atoms with E-state index in [1.54, 1.807) is 6.07 Å². The molecule has 0 spiro atoms. The Morgan fingerprint density at radius 2 is 2.20 bits per heavy atom. The van der Waals surface area contributed by atoms with E-state index < -0.39 is 5.97 Å². The van der Waals surface area contributed by atoms with Crippen molar-refractivity contribution in [3.63, 3.8) is 0 Å². The Kier molecular flexibility index (Phi) is 4.35. The third-order valence-electron chi connectivity index (χ3n) is 1.56. The standard InChI is InChI=1S/C10H8Br2O3/c1-6(11)5-15-9-4-7(10(13)14)2-3-8(9)12/h2-4H,1,5H2,(H,13,14). The molecule has 0 bridgehead atoms. The lowest BCUT2D eigenvalue weighted by molar-refractivity contribution is 0.0696. The number of carbonyl (C=O) groups is 1. The summed E-state index contributed by atoms with van der Waals surface area (Å²) in [6, 6.07) is 4.60. The summed E-state index contributed by atoms with van der Waals surface area (Å²) in [6.45, 7) is 3.91. The van der Waals surface area contributed by atoms with Crippen molar-refractivity contribution in [3.05, 3.63) is 39.3 Å². The number of carboxylic acid groups (broad SMARTS) is 1. The van der Waals surface area contributed by atoms with Gasteiger partial charge in [0.25, 0.3) is 0 Å². The molecule has 0 saturated carbocycles. The molecule has 0 aliphatic rings. The summed E-state index contributed by atoms with van der Waals surface area (Å²) in [5.41, 5.74) is 0.188. The Labute approximate surface area is 104 Å². The molecule has 1 N–H and O–H groups in total. The Morgan fingerprint density at radius 1 is 1.53 bits per heavy atom. The fraction of sp³-hybridized carbons (Fsp3) is 0.100. The van der Waals surface area contributed by atoms with Crippen molar-refractivity contribution in [2.75, 3.05) is 6.61 Å². The largest absolute Gasteiger partial charge is 0.487 e. The number of halogens is 2. The fourth-order valence-electron chi connectivity index (χ4n) is 0.903. The Balaban J connectivity index is 2.90. The molecule has 3 nitrogen and oxygen atoms in total. The van der Waals surface area contributed by atoms with E-state index in [0.29, 0.717) is 21.3 Å². The van der Waals surface area contributed by atoms with Gasteiger partial charge in [0.15, 0.2) is 0 Å². The highest BCUT2D eigenvalue weighted by Gasteiger charge is 2.07. The van der Waals surface area contributed by atoms with Crippen LogP contribution in [-0.4, -0.2) is 17.7 Å². The van der Waals surface area contributed by atoms with Crippen molar-refractivity contribution in [3.8, 4) is 5.75 Å². The summed E-state index contributed by atoms with van der Waals surface area (Å²) >= 11 is 6.42. The van der Waals surface area contributed by atoms with Crippen molar-refractivity contribution < 1.29 is 14.6 Å². The molecular weight excluding hydrogens is 328 g/mol. The van der Waals surface area contributed by atoms with Crippen molar-refractivity contribution >= 4 is 37.8 Å². The average molecular weight is 336 g/mol. The van der Waals surface area contributed by atoms with E-state index in [0.717, 1.165) is 0 Å².